The van der Waals surface area contributed by atoms with Crippen molar-refractivity contribution in [1.82, 2.24) is 0 Å². The first-order valence-electron chi connectivity index (χ1n) is 11.8. The molecule has 0 atom stereocenters. The number of nitrogens with zero attached hydrogens (tertiary/aromatic N) is 7. The van der Waals surface area contributed by atoms with E-state index in [4.69, 9.17) is 11.6 Å². The van der Waals surface area contributed by atoms with Crippen LogP contribution in [0.25, 0.3) is 0 Å². The fourth-order valence-electron chi connectivity index (χ4n) is 3.38. The van der Waals surface area contributed by atoms with Gasteiger partial charge in [0, 0.05) is 77.3 Å². The summed E-state index contributed by atoms with van der Waals surface area (Å²) in [6, 6.07) is 10.3. The molecule has 0 aliphatic carbocycles. The van der Waals surface area contributed by atoms with E-state index in [9.17, 15) is 53.4 Å². The molecule has 47 heavy (non-hydrogen) atoms. The Kier molecular flexibility index (Phi) is 13.5. The Hall–Kier alpha value is -4.05. The zero-order chi connectivity index (χ0) is 33.1. The molecule has 0 aliphatic rings. The number of azo groups is 3. The van der Waals surface area contributed by atoms with Crippen LogP contribution in [0.4, 0.5) is 39.8 Å². The van der Waals surface area contributed by atoms with E-state index >= 15 is 0 Å². The molecule has 4 aromatic rings. The van der Waals surface area contributed by atoms with Crippen molar-refractivity contribution < 1.29 is 48.2 Å². The quantitative estimate of drug-likeness (QED) is 0.0359. The maximum absolute atomic E-state index is 11.6. The number of nitro groups is 1. The zero-order valence-electron chi connectivity index (χ0n) is 23.9. The Morgan fingerprint density at radius 1 is 0.723 bits per heavy atom. The van der Waals surface area contributed by atoms with Crippen molar-refractivity contribution in [3.8, 4) is 23.0 Å². The van der Waals surface area contributed by atoms with Crippen LogP contribution in [0.15, 0.2) is 96.2 Å². The number of carboxylic acids is 1. The van der Waals surface area contributed by atoms with E-state index in [2.05, 4.69) is 30.7 Å². The van der Waals surface area contributed by atoms with Crippen molar-refractivity contribution in [2.75, 3.05) is 0 Å². The molecule has 0 bridgehead atoms. The number of carbonyl (C=O) groups is 1. The molecular weight excluding hydrogens is 688 g/mol. The zero-order valence-corrected chi connectivity index (χ0v) is 29.5. The molecule has 0 aromatic heterocycles. The number of phenolic OH excluding ortho intramolecular Hbond substituents is 3. The number of hydrogen-bond donors (Lipinski definition) is 6. The van der Waals surface area contributed by atoms with Crippen molar-refractivity contribution in [3.63, 3.8) is 0 Å². The summed E-state index contributed by atoms with van der Waals surface area (Å²) in [7, 11) is -4.79. The molecule has 0 unspecified atom stereocenters. The first kappa shape index (κ1) is 39.1. The summed E-state index contributed by atoms with van der Waals surface area (Å²) in [6.45, 7) is 0. The number of phenols is 4. The van der Waals surface area contributed by atoms with Crippen LogP contribution in [0.1, 0.15) is 10.4 Å². The second-order valence-electron chi connectivity index (χ2n) is 8.59. The van der Waals surface area contributed by atoms with E-state index in [0.717, 1.165) is 42.5 Å². The van der Waals surface area contributed by atoms with Gasteiger partial charge in [0.15, 0.2) is 22.9 Å². The van der Waals surface area contributed by atoms with E-state index in [-0.39, 0.29) is 76.2 Å². The normalized spacial score (nSPS) is 11.4. The van der Waals surface area contributed by atoms with Gasteiger partial charge in [-0.05, 0) is 42.5 Å². The third-order valence-corrected chi connectivity index (χ3v) is 6.72. The molecule has 0 spiro atoms. The number of halogens is 1. The predicted octanol–water partition coefficient (Wildman–Crippen LogP) is 6.50. The summed E-state index contributed by atoms with van der Waals surface area (Å²) in [6.07, 6.45) is 0. The van der Waals surface area contributed by atoms with Crippen LogP contribution in [0.3, 0.4) is 0 Å². The molecule has 18 nitrogen and oxygen atoms in total. The summed E-state index contributed by atoms with van der Waals surface area (Å²) in [5.41, 5.74) is -2.96. The number of benzene rings is 4. The number of aromatic hydroxyl groups is 4. The van der Waals surface area contributed by atoms with Gasteiger partial charge in [-0.15, -0.1) is 20.5 Å². The summed E-state index contributed by atoms with van der Waals surface area (Å²) >= 11 is 5.82. The molecule has 0 amide bonds. The summed E-state index contributed by atoms with van der Waals surface area (Å²) in [4.78, 5) is 20.8. The largest absolute Gasteiger partial charge is 0.507 e. The van der Waals surface area contributed by atoms with Crippen LogP contribution in [-0.4, -0.2) is 109 Å². The second-order valence-corrected chi connectivity index (χ2v) is 10.4. The SMILES string of the molecule is O=C(O)c1cc(N=Nc2cc(N=Nc3cc(S(=O)(=O)O)cc(Cl)c3O)c(O)c(N=Nc3ccc([N+](=O)[O-])cc3)c2O)ccc1O.[Na].[Na]. The first-order valence-corrected chi connectivity index (χ1v) is 13.6. The Bertz CT molecular complexity index is 2060. The fraction of sp³-hybridized carbons (Fsp3) is 0. The minimum atomic E-state index is -4.79. The number of hydrogen-bond acceptors (Lipinski definition) is 15. The summed E-state index contributed by atoms with van der Waals surface area (Å²) < 4.78 is 32.5. The van der Waals surface area contributed by atoms with Gasteiger partial charge in [-0.1, -0.05) is 11.6 Å². The first-order chi connectivity index (χ1) is 21.1. The van der Waals surface area contributed by atoms with E-state index in [1.54, 1.807) is 0 Å². The van der Waals surface area contributed by atoms with E-state index in [1.165, 1.54) is 18.2 Å². The Morgan fingerprint density at radius 3 is 1.77 bits per heavy atom. The van der Waals surface area contributed by atoms with Gasteiger partial charge in [-0.25, -0.2) is 4.79 Å². The summed E-state index contributed by atoms with van der Waals surface area (Å²) in [5, 5.41) is 83.8. The molecule has 0 saturated heterocycles. The third kappa shape index (κ3) is 9.50. The van der Waals surface area contributed by atoms with Crippen molar-refractivity contribution in [2.24, 2.45) is 30.7 Å². The predicted molar refractivity (Wildman–Crippen MR) is 165 cm³/mol. The second kappa shape index (κ2) is 16.2. The molecule has 0 fully saturated rings. The van der Waals surface area contributed by atoms with Crippen LogP contribution in [-0.2, 0) is 10.1 Å². The van der Waals surface area contributed by atoms with E-state index in [0.29, 0.717) is 0 Å². The van der Waals surface area contributed by atoms with Gasteiger partial charge >= 0.3 is 5.97 Å². The minimum absolute atomic E-state index is 0. The molecule has 0 aliphatic heterocycles. The Labute approximate surface area is 312 Å². The molecular formula is C25H16ClN7Na2O11S. The number of rotatable bonds is 9. The fourth-order valence-corrected chi connectivity index (χ4v) is 4.19. The smallest absolute Gasteiger partial charge is 0.339 e. The van der Waals surface area contributed by atoms with E-state index < -0.39 is 82.2 Å². The maximum Gasteiger partial charge on any atom is 0.339 e. The Balaban J connectivity index is 0.00000384. The van der Waals surface area contributed by atoms with Gasteiger partial charge in [0.05, 0.1) is 26.2 Å². The molecule has 4 rings (SSSR count). The number of aromatic carboxylic acids is 1. The Morgan fingerprint density at radius 2 is 1.23 bits per heavy atom. The van der Waals surface area contributed by atoms with Crippen LogP contribution < -0.4 is 0 Å². The maximum atomic E-state index is 11.6. The van der Waals surface area contributed by atoms with Crippen LogP contribution in [0, 0.1) is 10.1 Å². The number of nitro benzene ring substituents is 1. The third-order valence-electron chi connectivity index (χ3n) is 5.60. The van der Waals surface area contributed by atoms with Crippen molar-refractivity contribution in [2.45, 2.75) is 4.90 Å². The molecule has 22 heteroatoms. The molecule has 6 N–H and O–H groups in total. The van der Waals surface area contributed by atoms with Crippen LogP contribution in [0.2, 0.25) is 5.02 Å². The average molecular weight is 704 g/mol. The van der Waals surface area contributed by atoms with Crippen molar-refractivity contribution in [3.05, 3.63) is 81.4 Å². The minimum Gasteiger partial charge on any atom is -0.507 e. The summed E-state index contributed by atoms with van der Waals surface area (Å²) in [5.74, 6) is -4.44. The molecule has 0 saturated carbocycles. The molecule has 232 valence electrons. The van der Waals surface area contributed by atoms with Gasteiger partial charge in [-0.2, -0.15) is 18.6 Å². The van der Waals surface area contributed by atoms with Crippen molar-refractivity contribution in [1.29, 1.82) is 0 Å². The van der Waals surface area contributed by atoms with Gasteiger partial charge in [0.1, 0.15) is 28.4 Å². The van der Waals surface area contributed by atoms with Crippen LogP contribution >= 0.6 is 11.6 Å². The average Bonchev–Trinajstić information content (AvgIpc) is 2.98. The standard InChI is InChI=1S/C25H16ClN7O11S.2Na/c26-16-8-14(45(42,43)44)9-17(22(16)35)30-31-19-10-18(29-28-12-3-6-20(34)15(7-12)25(38)39)23(36)21(24(19)37)32-27-11-1-4-13(5-2-11)33(40)41;;/h1-10,34-37H,(H,38,39)(H,42,43,44);;. The van der Waals surface area contributed by atoms with Gasteiger partial charge in [-0.3, -0.25) is 14.7 Å². The van der Waals surface area contributed by atoms with Gasteiger partial charge < -0.3 is 25.5 Å². The molecule has 4 aromatic carbocycles. The monoisotopic (exact) mass is 703 g/mol. The van der Waals surface area contributed by atoms with Crippen molar-refractivity contribution >= 4 is 127 Å². The number of carboxylic acid groups (broad SMARTS) is 1. The van der Waals surface area contributed by atoms with Gasteiger partial charge in [0.2, 0.25) is 0 Å². The number of non-ortho nitro benzene ring substituents is 1. The topological polar surface area (TPSA) is 290 Å². The molecule has 0 heterocycles. The van der Waals surface area contributed by atoms with E-state index in [1.807, 2.05) is 0 Å². The molecule has 2 radical (unpaired) electrons. The van der Waals surface area contributed by atoms with Crippen LogP contribution in [0.5, 0.6) is 23.0 Å². The van der Waals surface area contributed by atoms with Gasteiger partial charge in [0.25, 0.3) is 15.8 Å².